The van der Waals surface area contributed by atoms with Crippen LogP contribution in [0.3, 0.4) is 0 Å². The maximum atomic E-state index is 13.2. The van der Waals surface area contributed by atoms with Crippen molar-refractivity contribution in [3.63, 3.8) is 0 Å². The summed E-state index contributed by atoms with van der Waals surface area (Å²) in [6.45, 7) is 0. The van der Waals surface area contributed by atoms with Gasteiger partial charge in [-0.15, -0.1) is 0 Å². The van der Waals surface area contributed by atoms with E-state index in [1.54, 1.807) is 13.2 Å². The molecule has 0 saturated carbocycles. The highest BCUT2D eigenvalue weighted by Gasteiger charge is 2.38. The van der Waals surface area contributed by atoms with Crippen LogP contribution in [0.1, 0.15) is 23.1 Å². The lowest BCUT2D eigenvalue weighted by Gasteiger charge is -2.25. The first kappa shape index (κ1) is 12.2. The third-order valence-corrected chi connectivity index (χ3v) is 3.82. The average molecular weight is 258 g/mol. The number of aryl methyl sites for hydroxylation is 1. The minimum absolute atomic E-state index is 0.256. The van der Waals surface area contributed by atoms with Gasteiger partial charge >= 0.3 is 0 Å². The highest BCUT2D eigenvalue weighted by atomic mass is 19.1. The van der Waals surface area contributed by atoms with E-state index in [0.29, 0.717) is 18.6 Å². The molecule has 0 fully saturated rings. The molecule has 1 atom stereocenters. The molecule has 1 aliphatic carbocycles. The number of methoxy groups -OCH3 is 1. The molecule has 0 radical (unpaired) electrons. The molecule has 0 spiro atoms. The van der Waals surface area contributed by atoms with Crippen LogP contribution < -0.4 is 4.74 Å². The SMILES string of the molecule is COc1cccc(C2(O)CCc3cc(F)ccc32)c1. The van der Waals surface area contributed by atoms with Gasteiger partial charge in [0, 0.05) is 0 Å². The number of rotatable bonds is 2. The molecule has 1 aliphatic rings. The monoisotopic (exact) mass is 258 g/mol. The number of hydrogen-bond acceptors (Lipinski definition) is 2. The minimum atomic E-state index is -1.04. The van der Waals surface area contributed by atoms with Crippen LogP contribution in [-0.4, -0.2) is 12.2 Å². The van der Waals surface area contributed by atoms with Crippen molar-refractivity contribution >= 4 is 0 Å². The molecule has 2 nitrogen and oxygen atoms in total. The highest BCUT2D eigenvalue weighted by molar-refractivity contribution is 5.47. The quantitative estimate of drug-likeness (QED) is 0.897. The van der Waals surface area contributed by atoms with Gasteiger partial charge in [0.25, 0.3) is 0 Å². The fraction of sp³-hybridized carbons (Fsp3) is 0.250. The fourth-order valence-corrected chi connectivity index (χ4v) is 2.80. The average Bonchev–Trinajstić information content (AvgIpc) is 2.77. The van der Waals surface area contributed by atoms with E-state index >= 15 is 0 Å². The maximum Gasteiger partial charge on any atom is 0.123 e. The molecule has 0 aromatic heterocycles. The van der Waals surface area contributed by atoms with E-state index in [2.05, 4.69) is 0 Å². The predicted octanol–water partition coefficient (Wildman–Crippen LogP) is 3.02. The van der Waals surface area contributed by atoms with Crippen LogP contribution in [0.5, 0.6) is 5.75 Å². The van der Waals surface area contributed by atoms with E-state index in [9.17, 15) is 9.50 Å². The zero-order valence-corrected chi connectivity index (χ0v) is 10.7. The second kappa shape index (κ2) is 4.35. The van der Waals surface area contributed by atoms with Gasteiger partial charge in [0.05, 0.1) is 7.11 Å². The minimum Gasteiger partial charge on any atom is -0.497 e. The molecule has 3 heteroatoms. The summed E-state index contributed by atoms with van der Waals surface area (Å²) in [5, 5.41) is 10.9. The number of halogens is 1. The van der Waals surface area contributed by atoms with Crippen molar-refractivity contribution in [2.24, 2.45) is 0 Å². The van der Waals surface area contributed by atoms with E-state index in [0.717, 1.165) is 16.7 Å². The summed E-state index contributed by atoms with van der Waals surface area (Å²) in [4.78, 5) is 0. The zero-order chi connectivity index (χ0) is 13.5. The normalized spacial score (nSPS) is 21.2. The van der Waals surface area contributed by atoms with Gasteiger partial charge in [0.15, 0.2) is 0 Å². The molecule has 1 N–H and O–H groups in total. The molecule has 0 saturated heterocycles. The van der Waals surface area contributed by atoms with Crippen molar-refractivity contribution in [3.05, 3.63) is 65.0 Å². The molecule has 3 rings (SSSR count). The molecule has 2 aromatic rings. The first-order chi connectivity index (χ1) is 9.13. The zero-order valence-electron chi connectivity index (χ0n) is 10.7. The molecule has 19 heavy (non-hydrogen) atoms. The van der Waals surface area contributed by atoms with E-state index < -0.39 is 5.60 Å². The van der Waals surface area contributed by atoms with Crippen molar-refractivity contribution in [1.82, 2.24) is 0 Å². The van der Waals surface area contributed by atoms with E-state index in [1.165, 1.54) is 12.1 Å². The summed E-state index contributed by atoms with van der Waals surface area (Å²) < 4.78 is 18.4. The second-order valence-electron chi connectivity index (χ2n) is 4.89. The first-order valence-electron chi connectivity index (χ1n) is 6.29. The van der Waals surface area contributed by atoms with E-state index in [1.807, 2.05) is 24.3 Å². The van der Waals surface area contributed by atoms with Crippen molar-refractivity contribution in [1.29, 1.82) is 0 Å². The molecule has 0 amide bonds. The summed E-state index contributed by atoms with van der Waals surface area (Å²) in [6, 6.07) is 12.0. The third kappa shape index (κ3) is 1.90. The van der Waals surface area contributed by atoms with Gasteiger partial charge in [0.2, 0.25) is 0 Å². The predicted molar refractivity (Wildman–Crippen MR) is 70.7 cm³/mol. The highest BCUT2D eigenvalue weighted by Crippen LogP contribution is 2.42. The Kier molecular flexibility index (Phi) is 2.79. The van der Waals surface area contributed by atoms with Crippen LogP contribution in [0.25, 0.3) is 0 Å². The smallest absolute Gasteiger partial charge is 0.123 e. The standard InChI is InChI=1S/C16H15FO2/c1-19-14-4-2-3-12(10-14)16(18)8-7-11-9-13(17)5-6-15(11)16/h2-6,9-10,18H,7-8H2,1H3. The Balaban J connectivity index is 2.10. The van der Waals surface area contributed by atoms with Crippen LogP contribution >= 0.6 is 0 Å². The number of benzene rings is 2. The van der Waals surface area contributed by atoms with Crippen LogP contribution in [0.2, 0.25) is 0 Å². The molecule has 0 aliphatic heterocycles. The summed E-state index contributed by atoms with van der Waals surface area (Å²) in [5.41, 5.74) is 1.42. The van der Waals surface area contributed by atoms with Crippen molar-refractivity contribution < 1.29 is 14.2 Å². The van der Waals surface area contributed by atoms with Crippen LogP contribution in [0.4, 0.5) is 4.39 Å². The van der Waals surface area contributed by atoms with Crippen molar-refractivity contribution in [2.75, 3.05) is 7.11 Å². The Morgan fingerprint density at radius 1 is 1.21 bits per heavy atom. The van der Waals surface area contributed by atoms with Crippen LogP contribution in [0, 0.1) is 5.82 Å². The number of hydrogen-bond donors (Lipinski definition) is 1. The number of fused-ring (bicyclic) bond motifs is 1. The Morgan fingerprint density at radius 3 is 2.84 bits per heavy atom. The lowest BCUT2D eigenvalue weighted by molar-refractivity contribution is 0.0826. The molecule has 98 valence electrons. The van der Waals surface area contributed by atoms with Crippen molar-refractivity contribution in [3.8, 4) is 5.75 Å². The van der Waals surface area contributed by atoms with Gasteiger partial charge in [-0.3, -0.25) is 0 Å². The van der Waals surface area contributed by atoms with Gasteiger partial charge in [-0.25, -0.2) is 4.39 Å². The molecule has 2 aromatic carbocycles. The lowest BCUT2D eigenvalue weighted by Crippen LogP contribution is -2.23. The summed E-state index contributed by atoms with van der Waals surface area (Å²) in [7, 11) is 1.60. The summed E-state index contributed by atoms with van der Waals surface area (Å²) in [5.74, 6) is 0.454. The summed E-state index contributed by atoms with van der Waals surface area (Å²) >= 11 is 0. The van der Waals surface area contributed by atoms with Crippen LogP contribution in [-0.2, 0) is 12.0 Å². The van der Waals surface area contributed by atoms with Crippen LogP contribution in [0.15, 0.2) is 42.5 Å². The first-order valence-corrected chi connectivity index (χ1v) is 6.29. The summed E-state index contributed by atoms with van der Waals surface area (Å²) in [6.07, 6.45) is 1.25. The maximum absolute atomic E-state index is 13.2. The second-order valence-corrected chi connectivity index (χ2v) is 4.89. The van der Waals surface area contributed by atoms with Gasteiger partial charge in [-0.1, -0.05) is 18.2 Å². The Morgan fingerprint density at radius 2 is 2.05 bits per heavy atom. The largest absolute Gasteiger partial charge is 0.497 e. The molecule has 0 heterocycles. The van der Waals surface area contributed by atoms with E-state index in [4.69, 9.17) is 4.74 Å². The Labute approximate surface area is 111 Å². The molecule has 0 bridgehead atoms. The fourth-order valence-electron chi connectivity index (χ4n) is 2.80. The topological polar surface area (TPSA) is 29.5 Å². The van der Waals surface area contributed by atoms with Gasteiger partial charge in [-0.05, 0) is 53.8 Å². The number of ether oxygens (including phenoxy) is 1. The molecular weight excluding hydrogens is 243 g/mol. The Hall–Kier alpha value is -1.87. The van der Waals surface area contributed by atoms with Crippen molar-refractivity contribution in [2.45, 2.75) is 18.4 Å². The van der Waals surface area contributed by atoms with E-state index in [-0.39, 0.29) is 5.82 Å². The third-order valence-electron chi connectivity index (χ3n) is 3.82. The molecule has 1 unspecified atom stereocenters. The Bertz CT molecular complexity index is 624. The van der Waals surface area contributed by atoms with Gasteiger partial charge in [0.1, 0.15) is 17.2 Å². The number of aliphatic hydroxyl groups is 1. The lowest BCUT2D eigenvalue weighted by atomic mass is 9.88. The molecular formula is C16H15FO2. The van der Waals surface area contributed by atoms with Gasteiger partial charge in [-0.2, -0.15) is 0 Å². The van der Waals surface area contributed by atoms with Gasteiger partial charge < -0.3 is 9.84 Å².